The summed E-state index contributed by atoms with van der Waals surface area (Å²) >= 11 is 0. The molecule has 2 heterocycles. The van der Waals surface area contributed by atoms with Crippen molar-refractivity contribution < 1.29 is 28.5 Å². The van der Waals surface area contributed by atoms with Crippen LogP contribution in [0.3, 0.4) is 0 Å². The number of methoxy groups -OCH3 is 2. The van der Waals surface area contributed by atoms with Crippen LogP contribution in [0, 0.1) is 0 Å². The summed E-state index contributed by atoms with van der Waals surface area (Å²) in [7, 11) is 3.10. The van der Waals surface area contributed by atoms with Crippen LogP contribution < -0.4 is 9.47 Å². The van der Waals surface area contributed by atoms with Crippen LogP contribution in [0.5, 0.6) is 11.5 Å². The molecule has 0 bridgehead atoms. The SMILES string of the molecule is COc1ccc(-c2cn(-c3ccccc3)nc2C(=O)OC(C)C(=O)N2CCOCC2)cc1OC. The van der Waals surface area contributed by atoms with Gasteiger partial charge in [-0.15, -0.1) is 0 Å². The summed E-state index contributed by atoms with van der Waals surface area (Å²) in [4.78, 5) is 27.6. The fraction of sp³-hybridized carbons (Fsp3) is 0.320. The third kappa shape index (κ3) is 4.89. The number of carbonyl (C=O) groups is 2. The first-order valence-electron chi connectivity index (χ1n) is 11.0. The lowest BCUT2D eigenvalue weighted by atomic mass is 10.1. The third-order valence-corrected chi connectivity index (χ3v) is 5.58. The van der Waals surface area contributed by atoms with Gasteiger partial charge in [-0.25, -0.2) is 9.48 Å². The minimum Gasteiger partial charge on any atom is -0.493 e. The zero-order valence-corrected chi connectivity index (χ0v) is 19.4. The second kappa shape index (κ2) is 10.4. The van der Waals surface area contributed by atoms with Crippen LogP contribution in [0.1, 0.15) is 17.4 Å². The standard InChI is InChI=1S/C25H27N3O6/c1-17(24(29)27-11-13-33-14-12-27)34-25(30)23-20(16-28(26-23)19-7-5-4-6-8-19)18-9-10-21(31-2)22(15-18)32-3/h4-10,15-17H,11-14H2,1-3H3. The van der Waals surface area contributed by atoms with Crippen LogP contribution in [0.15, 0.2) is 54.7 Å². The Morgan fingerprint density at radius 1 is 1.00 bits per heavy atom. The molecule has 1 unspecified atom stereocenters. The lowest BCUT2D eigenvalue weighted by Gasteiger charge is -2.28. The highest BCUT2D eigenvalue weighted by Crippen LogP contribution is 2.34. The highest BCUT2D eigenvalue weighted by atomic mass is 16.5. The lowest BCUT2D eigenvalue weighted by Crippen LogP contribution is -2.46. The topological polar surface area (TPSA) is 92.1 Å². The molecule has 2 aromatic carbocycles. The van der Waals surface area contributed by atoms with E-state index >= 15 is 0 Å². The smallest absolute Gasteiger partial charge is 0.360 e. The van der Waals surface area contributed by atoms with E-state index in [0.717, 1.165) is 5.69 Å². The summed E-state index contributed by atoms with van der Waals surface area (Å²) in [5.74, 6) is 0.138. The van der Waals surface area contributed by atoms with E-state index in [9.17, 15) is 9.59 Å². The van der Waals surface area contributed by atoms with Crippen molar-refractivity contribution in [3.05, 3.63) is 60.4 Å². The predicted octanol–water partition coefficient (Wildman–Crippen LogP) is 2.96. The van der Waals surface area contributed by atoms with Gasteiger partial charge in [-0.3, -0.25) is 4.79 Å². The molecular formula is C25H27N3O6. The molecule has 1 aromatic heterocycles. The van der Waals surface area contributed by atoms with E-state index < -0.39 is 12.1 Å². The van der Waals surface area contributed by atoms with Crippen molar-refractivity contribution in [3.8, 4) is 28.3 Å². The maximum Gasteiger partial charge on any atom is 0.360 e. The Bertz CT molecular complexity index is 1150. The number of carbonyl (C=O) groups excluding carboxylic acids is 2. The van der Waals surface area contributed by atoms with Crippen molar-refractivity contribution in [1.29, 1.82) is 0 Å². The maximum atomic E-state index is 13.2. The van der Waals surface area contributed by atoms with E-state index in [-0.39, 0.29) is 11.6 Å². The lowest BCUT2D eigenvalue weighted by molar-refractivity contribution is -0.143. The molecule has 9 nitrogen and oxygen atoms in total. The molecule has 1 fully saturated rings. The van der Waals surface area contributed by atoms with Gasteiger partial charge in [-0.1, -0.05) is 24.3 Å². The quantitative estimate of drug-likeness (QED) is 0.496. The number of rotatable bonds is 7. The molecule has 0 spiro atoms. The minimum atomic E-state index is -0.953. The first-order chi connectivity index (χ1) is 16.5. The summed E-state index contributed by atoms with van der Waals surface area (Å²) in [5, 5.41) is 4.50. The van der Waals surface area contributed by atoms with Gasteiger partial charge < -0.3 is 23.8 Å². The second-order valence-corrected chi connectivity index (χ2v) is 7.73. The highest BCUT2D eigenvalue weighted by Gasteiger charge is 2.28. The molecule has 34 heavy (non-hydrogen) atoms. The van der Waals surface area contributed by atoms with E-state index in [1.807, 2.05) is 36.4 Å². The Kier molecular flexibility index (Phi) is 7.12. The van der Waals surface area contributed by atoms with E-state index in [1.54, 1.807) is 49.1 Å². The van der Waals surface area contributed by atoms with Crippen molar-refractivity contribution in [3.63, 3.8) is 0 Å². The van der Waals surface area contributed by atoms with E-state index in [0.29, 0.717) is 48.9 Å². The molecule has 0 saturated carbocycles. The average molecular weight is 466 g/mol. The molecule has 1 amide bonds. The molecule has 9 heteroatoms. The van der Waals surface area contributed by atoms with Crippen molar-refractivity contribution in [2.24, 2.45) is 0 Å². The second-order valence-electron chi connectivity index (χ2n) is 7.73. The molecule has 3 aromatic rings. The normalized spacial score (nSPS) is 14.4. The van der Waals surface area contributed by atoms with Gasteiger partial charge in [0.15, 0.2) is 23.3 Å². The Morgan fingerprint density at radius 2 is 1.71 bits per heavy atom. The van der Waals surface area contributed by atoms with Gasteiger partial charge in [-0.2, -0.15) is 5.10 Å². The van der Waals surface area contributed by atoms with Crippen molar-refractivity contribution in [2.45, 2.75) is 13.0 Å². The number of hydrogen-bond acceptors (Lipinski definition) is 7. The Labute approximate surface area is 197 Å². The Hall–Kier alpha value is -3.85. The van der Waals surface area contributed by atoms with Crippen LogP contribution in [-0.4, -0.2) is 73.2 Å². The fourth-order valence-corrected chi connectivity index (χ4v) is 3.76. The van der Waals surface area contributed by atoms with E-state index in [1.165, 1.54) is 0 Å². The zero-order valence-electron chi connectivity index (χ0n) is 19.4. The summed E-state index contributed by atoms with van der Waals surface area (Å²) in [6.45, 7) is 3.45. The minimum absolute atomic E-state index is 0.0951. The number of ether oxygens (including phenoxy) is 4. The number of nitrogens with zero attached hydrogens (tertiary/aromatic N) is 3. The summed E-state index contributed by atoms with van der Waals surface area (Å²) in [6.07, 6.45) is 0.799. The average Bonchev–Trinajstić information content (AvgIpc) is 3.34. The molecule has 0 aliphatic carbocycles. The summed E-state index contributed by atoms with van der Waals surface area (Å²) in [5.41, 5.74) is 2.11. The van der Waals surface area contributed by atoms with Gasteiger partial charge in [0.1, 0.15) is 0 Å². The van der Waals surface area contributed by atoms with Gasteiger partial charge in [0.25, 0.3) is 5.91 Å². The predicted molar refractivity (Wildman–Crippen MR) is 124 cm³/mol. The first-order valence-corrected chi connectivity index (χ1v) is 11.0. The third-order valence-electron chi connectivity index (χ3n) is 5.58. The molecule has 0 N–H and O–H groups in total. The molecule has 1 saturated heterocycles. The van der Waals surface area contributed by atoms with Crippen molar-refractivity contribution in [1.82, 2.24) is 14.7 Å². The number of benzene rings is 2. The monoisotopic (exact) mass is 465 g/mol. The molecular weight excluding hydrogens is 438 g/mol. The summed E-state index contributed by atoms with van der Waals surface area (Å²) < 4.78 is 23.2. The number of esters is 1. The number of amides is 1. The largest absolute Gasteiger partial charge is 0.493 e. The zero-order chi connectivity index (χ0) is 24.1. The van der Waals surface area contributed by atoms with Gasteiger partial charge in [0.05, 0.1) is 33.1 Å². The molecule has 0 radical (unpaired) electrons. The van der Waals surface area contributed by atoms with Gasteiger partial charge in [-0.05, 0) is 36.8 Å². The van der Waals surface area contributed by atoms with Gasteiger partial charge >= 0.3 is 5.97 Å². The Balaban J connectivity index is 1.67. The number of morpholine rings is 1. The van der Waals surface area contributed by atoms with E-state index in [2.05, 4.69) is 5.10 Å². The molecule has 1 aliphatic rings. The molecule has 1 aliphatic heterocycles. The maximum absolute atomic E-state index is 13.2. The number of para-hydroxylation sites is 1. The number of hydrogen-bond donors (Lipinski definition) is 0. The molecule has 4 rings (SSSR count). The van der Waals surface area contributed by atoms with Crippen LogP contribution in [0.25, 0.3) is 16.8 Å². The van der Waals surface area contributed by atoms with E-state index in [4.69, 9.17) is 18.9 Å². The van der Waals surface area contributed by atoms with Crippen LogP contribution in [0.2, 0.25) is 0 Å². The van der Waals surface area contributed by atoms with Gasteiger partial charge in [0, 0.05) is 24.8 Å². The van der Waals surface area contributed by atoms with Crippen LogP contribution in [-0.2, 0) is 14.3 Å². The van der Waals surface area contributed by atoms with Crippen LogP contribution >= 0.6 is 0 Å². The fourth-order valence-electron chi connectivity index (χ4n) is 3.76. The summed E-state index contributed by atoms with van der Waals surface area (Å²) in [6, 6.07) is 14.8. The molecule has 178 valence electrons. The van der Waals surface area contributed by atoms with Gasteiger partial charge in [0.2, 0.25) is 0 Å². The van der Waals surface area contributed by atoms with Crippen molar-refractivity contribution >= 4 is 11.9 Å². The number of aromatic nitrogens is 2. The highest BCUT2D eigenvalue weighted by molar-refractivity contribution is 5.97. The van der Waals surface area contributed by atoms with Crippen molar-refractivity contribution in [2.75, 3.05) is 40.5 Å². The Morgan fingerprint density at radius 3 is 2.38 bits per heavy atom. The first kappa shape index (κ1) is 23.3. The van der Waals surface area contributed by atoms with Crippen LogP contribution in [0.4, 0.5) is 0 Å². The molecule has 1 atom stereocenters.